The van der Waals surface area contributed by atoms with Crippen molar-refractivity contribution in [1.29, 1.82) is 0 Å². The topological polar surface area (TPSA) is 65.5 Å². The van der Waals surface area contributed by atoms with Gasteiger partial charge in [0.05, 0.1) is 10.3 Å². The molecule has 1 aromatic heterocycles. The van der Waals surface area contributed by atoms with Gasteiger partial charge in [0.25, 0.3) is 0 Å². The molecular weight excluding hydrogens is 270 g/mol. The number of furan rings is 1. The molecule has 0 amide bonds. The lowest BCUT2D eigenvalue weighted by Gasteiger charge is -2.17. The van der Waals surface area contributed by atoms with Crippen LogP contribution in [0.5, 0.6) is 11.5 Å². The number of nitrogens with zero attached hydrogens (tertiary/aromatic N) is 1. The molecule has 2 aromatic carbocycles. The summed E-state index contributed by atoms with van der Waals surface area (Å²) in [4.78, 5) is 10.5. The first-order valence-electron chi connectivity index (χ1n) is 6.38. The Hall–Kier alpha value is -3.08. The third kappa shape index (κ3) is 1.71. The van der Waals surface area contributed by atoms with Crippen molar-refractivity contribution in [3.8, 4) is 11.5 Å². The van der Waals surface area contributed by atoms with Gasteiger partial charge in [-0.1, -0.05) is 30.3 Å². The van der Waals surface area contributed by atoms with Gasteiger partial charge in [-0.05, 0) is 18.2 Å². The number of hydrogen-bond acceptors (Lipinski definition) is 4. The van der Waals surface area contributed by atoms with E-state index in [4.69, 9.17) is 9.15 Å². The van der Waals surface area contributed by atoms with E-state index in [1.54, 1.807) is 12.1 Å². The van der Waals surface area contributed by atoms with Crippen LogP contribution in [0.4, 0.5) is 0 Å². The first-order valence-corrected chi connectivity index (χ1v) is 6.38. The van der Waals surface area contributed by atoms with E-state index in [0.717, 1.165) is 11.6 Å². The van der Waals surface area contributed by atoms with Crippen molar-refractivity contribution in [1.82, 2.24) is 0 Å². The minimum atomic E-state index is -0.478. The molecule has 0 fully saturated rings. The Morgan fingerprint density at radius 3 is 2.67 bits per heavy atom. The van der Waals surface area contributed by atoms with Crippen LogP contribution in [-0.4, -0.2) is 4.92 Å². The molecule has 0 atom stereocenters. The van der Waals surface area contributed by atoms with E-state index < -0.39 is 4.92 Å². The summed E-state index contributed by atoms with van der Waals surface area (Å²) >= 11 is 0. The van der Waals surface area contributed by atoms with Crippen LogP contribution in [0.25, 0.3) is 16.5 Å². The van der Waals surface area contributed by atoms with Crippen LogP contribution in [0.1, 0.15) is 11.3 Å². The van der Waals surface area contributed by atoms with Crippen molar-refractivity contribution in [3.63, 3.8) is 0 Å². The molecule has 3 aromatic rings. The van der Waals surface area contributed by atoms with Crippen LogP contribution in [0.3, 0.4) is 0 Å². The van der Waals surface area contributed by atoms with Crippen molar-refractivity contribution < 1.29 is 14.1 Å². The monoisotopic (exact) mass is 279 g/mol. The van der Waals surface area contributed by atoms with Crippen molar-refractivity contribution in [3.05, 3.63) is 76.2 Å². The molecule has 0 bridgehead atoms. The molecule has 4 rings (SSSR count). The lowest BCUT2D eigenvalue weighted by Crippen LogP contribution is -2.02. The SMILES string of the molecule is O=[N+]([O-])/C=C1\c2ccccc2Oc2c1oc1ccccc21. The number of nitro groups is 1. The van der Waals surface area contributed by atoms with Gasteiger partial charge in [-0.25, -0.2) is 0 Å². The van der Waals surface area contributed by atoms with E-state index in [1.165, 1.54) is 0 Å². The maximum absolute atomic E-state index is 10.9. The van der Waals surface area contributed by atoms with Crippen LogP contribution in [0, 0.1) is 10.1 Å². The Morgan fingerprint density at radius 2 is 1.81 bits per heavy atom. The number of hydrogen-bond donors (Lipinski definition) is 0. The quantitative estimate of drug-likeness (QED) is 0.387. The predicted molar refractivity (Wildman–Crippen MR) is 76.8 cm³/mol. The summed E-state index contributed by atoms with van der Waals surface area (Å²) in [6, 6.07) is 14.6. The zero-order chi connectivity index (χ0) is 14.4. The van der Waals surface area contributed by atoms with Gasteiger partial charge in [0.1, 0.15) is 16.9 Å². The molecule has 1 aliphatic rings. The van der Waals surface area contributed by atoms with E-state index in [2.05, 4.69) is 0 Å². The van der Waals surface area contributed by atoms with Crippen molar-refractivity contribution in [2.45, 2.75) is 0 Å². The highest BCUT2D eigenvalue weighted by Gasteiger charge is 2.29. The van der Waals surface area contributed by atoms with Gasteiger partial charge >= 0.3 is 0 Å². The number of ether oxygens (including phenoxy) is 1. The fourth-order valence-electron chi connectivity index (χ4n) is 2.54. The average molecular weight is 279 g/mol. The van der Waals surface area contributed by atoms with Crippen LogP contribution >= 0.6 is 0 Å². The molecule has 2 heterocycles. The van der Waals surface area contributed by atoms with Gasteiger partial charge in [-0.3, -0.25) is 10.1 Å². The number of para-hydroxylation sites is 2. The Kier molecular flexibility index (Phi) is 2.35. The summed E-state index contributed by atoms with van der Waals surface area (Å²) in [5.74, 6) is 1.51. The fraction of sp³-hybridized carbons (Fsp3) is 0. The summed E-state index contributed by atoms with van der Waals surface area (Å²) < 4.78 is 11.6. The van der Waals surface area contributed by atoms with Gasteiger partial charge in [0.2, 0.25) is 6.20 Å². The van der Waals surface area contributed by atoms with Gasteiger partial charge in [-0.2, -0.15) is 0 Å². The van der Waals surface area contributed by atoms with Crippen LogP contribution in [0.2, 0.25) is 0 Å². The van der Waals surface area contributed by atoms with Crippen molar-refractivity contribution in [2.75, 3.05) is 0 Å². The smallest absolute Gasteiger partial charge is 0.246 e. The predicted octanol–water partition coefficient (Wildman–Crippen LogP) is 4.20. The standard InChI is InChI=1S/C16H9NO4/c18-17(19)9-12-10-5-1-3-7-13(10)20-15-11-6-2-4-8-14(11)21-16(12)15/h1-9H/b12-9+. The Bertz CT molecular complexity index is 908. The second-order valence-electron chi connectivity index (χ2n) is 4.68. The third-order valence-electron chi connectivity index (χ3n) is 3.42. The van der Waals surface area contributed by atoms with E-state index >= 15 is 0 Å². The molecule has 1 aliphatic heterocycles. The molecule has 5 heteroatoms. The van der Waals surface area contributed by atoms with Crippen molar-refractivity contribution >= 4 is 16.5 Å². The van der Waals surface area contributed by atoms with Crippen molar-refractivity contribution in [2.24, 2.45) is 0 Å². The lowest BCUT2D eigenvalue weighted by atomic mass is 10.00. The molecule has 5 nitrogen and oxygen atoms in total. The number of benzene rings is 2. The summed E-state index contributed by atoms with van der Waals surface area (Å²) in [6.45, 7) is 0. The van der Waals surface area contributed by atoms with Crippen LogP contribution in [0.15, 0.2) is 59.1 Å². The maximum Gasteiger partial charge on any atom is 0.246 e. The lowest BCUT2D eigenvalue weighted by molar-refractivity contribution is -0.401. The fourth-order valence-corrected chi connectivity index (χ4v) is 2.54. The molecule has 102 valence electrons. The molecule has 0 saturated carbocycles. The highest BCUT2D eigenvalue weighted by Crippen LogP contribution is 2.48. The van der Waals surface area contributed by atoms with E-state index in [-0.39, 0.29) is 0 Å². The highest BCUT2D eigenvalue weighted by atomic mass is 16.6. The zero-order valence-corrected chi connectivity index (χ0v) is 10.8. The molecule has 0 N–H and O–H groups in total. The number of rotatable bonds is 1. The molecule has 0 spiro atoms. The molecule has 0 unspecified atom stereocenters. The van der Waals surface area contributed by atoms with Gasteiger partial charge in [0.15, 0.2) is 11.5 Å². The summed E-state index contributed by atoms with van der Waals surface area (Å²) in [5, 5.41) is 11.8. The Balaban J connectivity index is 2.07. The van der Waals surface area contributed by atoms with E-state index in [9.17, 15) is 10.1 Å². The second-order valence-corrected chi connectivity index (χ2v) is 4.68. The summed E-state index contributed by atoms with van der Waals surface area (Å²) in [5.41, 5.74) is 1.72. The van der Waals surface area contributed by atoms with E-state index in [1.807, 2.05) is 36.4 Å². The minimum absolute atomic E-state index is 0.395. The molecular formula is C16H9NO4. The zero-order valence-electron chi connectivity index (χ0n) is 10.8. The van der Waals surface area contributed by atoms with Crippen LogP contribution in [-0.2, 0) is 0 Å². The molecule has 0 radical (unpaired) electrons. The largest absolute Gasteiger partial charge is 0.452 e. The Morgan fingerprint density at radius 1 is 1.05 bits per heavy atom. The first-order chi connectivity index (χ1) is 10.2. The molecule has 21 heavy (non-hydrogen) atoms. The average Bonchev–Trinajstić information content (AvgIpc) is 2.85. The van der Waals surface area contributed by atoms with Crippen LogP contribution < -0.4 is 4.74 Å². The summed E-state index contributed by atoms with van der Waals surface area (Å²) in [7, 11) is 0. The first kappa shape index (κ1) is 11.7. The Labute approximate surface area is 119 Å². The van der Waals surface area contributed by atoms with Gasteiger partial charge < -0.3 is 9.15 Å². The minimum Gasteiger partial charge on any atom is -0.452 e. The second kappa shape index (κ2) is 4.21. The van der Waals surface area contributed by atoms with Gasteiger partial charge in [0, 0.05) is 5.56 Å². The maximum atomic E-state index is 10.9. The number of fused-ring (bicyclic) bond motifs is 4. The molecule has 0 aliphatic carbocycles. The molecule has 0 saturated heterocycles. The van der Waals surface area contributed by atoms with E-state index in [0.29, 0.717) is 34.0 Å². The highest BCUT2D eigenvalue weighted by molar-refractivity contribution is 5.96. The summed E-state index contributed by atoms with van der Waals surface area (Å²) in [6.07, 6.45) is 0.961. The normalized spacial score (nSPS) is 14.6. The van der Waals surface area contributed by atoms with Gasteiger partial charge in [-0.15, -0.1) is 0 Å². The third-order valence-corrected chi connectivity index (χ3v) is 3.42.